The van der Waals surface area contributed by atoms with Gasteiger partial charge in [-0.2, -0.15) is 13.2 Å². The number of hydrogen-bond donors (Lipinski definition) is 1. The summed E-state index contributed by atoms with van der Waals surface area (Å²) in [5.74, 6) is -0.262. The molecule has 1 aliphatic heterocycles. The second-order valence-corrected chi connectivity index (χ2v) is 5.74. The Bertz CT molecular complexity index is 479. The molecule has 1 heterocycles. The predicted molar refractivity (Wildman–Crippen MR) is 73.2 cm³/mol. The fourth-order valence-electron chi connectivity index (χ4n) is 2.80. The van der Waals surface area contributed by atoms with E-state index in [0.29, 0.717) is 17.5 Å². The van der Waals surface area contributed by atoms with E-state index in [1.54, 1.807) is 0 Å². The Morgan fingerprint density at radius 3 is 2.38 bits per heavy atom. The number of benzene rings is 1. The lowest BCUT2D eigenvalue weighted by atomic mass is 9.95. The lowest BCUT2D eigenvalue weighted by Gasteiger charge is -2.36. The zero-order valence-electron chi connectivity index (χ0n) is 12.0. The van der Waals surface area contributed by atoms with E-state index in [9.17, 15) is 17.6 Å². The summed E-state index contributed by atoms with van der Waals surface area (Å²) < 4.78 is 51.9. The van der Waals surface area contributed by atoms with Crippen LogP contribution in [0.25, 0.3) is 0 Å². The highest BCUT2D eigenvalue weighted by atomic mass is 19.4. The van der Waals surface area contributed by atoms with Crippen LogP contribution in [0.1, 0.15) is 36.9 Å². The fourth-order valence-corrected chi connectivity index (χ4v) is 2.80. The first-order chi connectivity index (χ1) is 9.81. The third kappa shape index (κ3) is 3.95. The van der Waals surface area contributed by atoms with Gasteiger partial charge in [0, 0.05) is 12.6 Å². The first-order valence-electron chi connectivity index (χ1n) is 7.13. The molecule has 1 aromatic carbocycles. The molecule has 0 aromatic heterocycles. The lowest BCUT2D eigenvalue weighted by Crippen LogP contribution is -2.39. The summed E-state index contributed by atoms with van der Waals surface area (Å²) in [4.78, 5) is 2.05. The minimum Gasteiger partial charge on any atom is -0.329 e. The molecule has 0 bridgehead atoms. The van der Waals surface area contributed by atoms with Crippen LogP contribution in [0.3, 0.4) is 0 Å². The van der Waals surface area contributed by atoms with E-state index in [4.69, 9.17) is 5.73 Å². The van der Waals surface area contributed by atoms with Crippen molar-refractivity contribution in [3.05, 3.63) is 35.1 Å². The van der Waals surface area contributed by atoms with Crippen LogP contribution >= 0.6 is 0 Å². The van der Waals surface area contributed by atoms with Crippen molar-refractivity contribution in [2.45, 2.75) is 32.0 Å². The van der Waals surface area contributed by atoms with Gasteiger partial charge >= 0.3 is 6.18 Å². The Kier molecular flexibility index (Phi) is 4.88. The largest absolute Gasteiger partial charge is 0.416 e. The molecule has 118 valence electrons. The number of halogens is 4. The van der Waals surface area contributed by atoms with Crippen LogP contribution in [-0.4, -0.2) is 24.5 Å². The number of nitrogens with two attached hydrogens (primary N) is 1. The smallest absolute Gasteiger partial charge is 0.329 e. The predicted octanol–water partition coefficient (Wildman–Crippen LogP) is 3.58. The topological polar surface area (TPSA) is 29.3 Å². The number of hydrogen-bond acceptors (Lipinski definition) is 2. The summed E-state index contributed by atoms with van der Waals surface area (Å²) in [7, 11) is 0. The van der Waals surface area contributed by atoms with Gasteiger partial charge in [0.05, 0.1) is 5.56 Å². The third-order valence-electron chi connectivity index (χ3n) is 4.11. The molecule has 1 unspecified atom stereocenters. The van der Waals surface area contributed by atoms with Crippen molar-refractivity contribution in [3.63, 3.8) is 0 Å². The number of likely N-dealkylation sites (tertiary alicyclic amines) is 1. The summed E-state index contributed by atoms with van der Waals surface area (Å²) in [6.45, 7) is 3.88. The molecular formula is C15H20F4N2. The van der Waals surface area contributed by atoms with E-state index in [1.807, 2.05) is 0 Å². The molecule has 0 saturated carbocycles. The summed E-state index contributed by atoms with van der Waals surface area (Å²) in [5.41, 5.74) is 5.08. The van der Waals surface area contributed by atoms with E-state index in [-0.39, 0.29) is 12.6 Å². The first-order valence-corrected chi connectivity index (χ1v) is 7.13. The number of alkyl halides is 3. The van der Waals surface area contributed by atoms with Crippen LogP contribution in [0.4, 0.5) is 17.6 Å². The number of rotatable bonds is 3. The van der Waals surface area contributed by atoms with Crippen LogP contribution in [0.2, 0.25) is 0 Å². The zero-order chi connectivity index (χ0) is 15.6. The summed E-state index contributed by atoms with van der Waals surface area (Å²) in [6, 6.07) is 2.33. The molecule has 1 aliphatic rings. The van der Waals surface area contributed by atoms with Crippen molar-refractivity contribution in [1.29, 1.82) is 0 Å². The number of nitrogens with zero attached hydrogens (tertiary/aromatic N) is 1. The van der Waals surface area contributed by atoms with Crippen molar-refractivity contribution in [2.24, 2.45) is 11.7 Å². The molecule has 1 fully saturated rings. The van der Waals surface area contributed by atoms with Gasteiger partial charge in [-0.1, -0.05) is 6.92 Å². The van der Waals surface area contributed by atoms with E-state index in [1.165, 1.54) is 0 Å². The maximum absolute atomic E-state index is 13.5. The average molecular weight is 304 g/mol. The molecule has 0 radical (unpaired) electrons. The van der Waals surface area contributed by atoms with Gasteiger partial charge in [-0.3, -0.25) is 4.90 Å². The minimum atomic E-state index is -4.55. The summed E-state index contributed by atoms with van der Waals surface area (Å²) in [6.07, 6.45) is -2.58. The van der Waals surface area contributed by atoms with Gasteiger partial charge in [-0.05, 0) is 55.6 Å². The standard InChI is InChI=1S/C15H20F4N2/c1-10-2-4-21(5-3-10)14(9-20)11-6-12(15(17,18)19)8-13(16)7-11/h6-8,10,14H,2-5,9,20H2,1H3. The molecule has 0 amide bonds. The summed E-state index contributed by atoms with van der Waals surface area (Å²) in [5, 5.41) is 0. The quantitative estimate of drug-likeness (QED) is 0.865. The van der Waals surface area contributed by atoms with Crippen LogP contribution in [-0.2, 0) is 6.18 Å². The fraction of sp³-hybridized carbons (Fsp3) is 0.600. The van der Waals surface area contributed by atoms with Crippen molar-refractivity contribution < 1.29 is 17.6 Å². The Balaban J connectivity index is 2.27. The van der Waals surface area contributed by atoms with Crippen LogP contribution in [0.15, 0.2) is 18.2 Å². The van der Waals surface area contributed by atoms with Crippen molar-refractivity contribution in [1.82, 2.24) is 4.90 Å². The van der Waals surface area contributed by atoms with E-state index < -0.39 is 17.6 Å². The van der Waals surface area contributed by atoms with Crippen LogP contribution < -0.4 is 5.73 Å². The second-order valence-electron chi connectivity index (χ2n) is 5.74. The molecule has 6 heteroatoms. The molecule has 21 heavy (non-hydrogen) atoms. The monoisotopic (exact) mass is 304 g/mol. The van der Waals surface area contributed by atoms with Gasteiger partial charge in [0.15, 0.2) is 0 Å². The van der Waals surface area contributed by atoms with Gasteiger partial charge in [-0.15, -0.1) is 0 Å². The minimum absolute atomic E-state index is 0.176. The zero-order valence-corrected chi connectivity index (χ0v) is 12.0. The van der Waals surface area contributed by atoms with Crippen molar-refractivity contribution >= 4 is 0 Å². The highest BCUT2D eigenvalue weighted by Gasteiger charge is 2.33. The van der Waals surface area contributed by atoms with Gasteiger partial charge in [0.1, 0.15) is 5.82 Å². The van der Waals surface area contributed by atoms with Gasteiger partial charge in [0.2, 0.25) is 0 Å². The lowest BCUT2D eigenvalue weighted by molar-refractivity contribution is -0.137. The maximum Gasteiger partial charge on any atom is 0.416 e. The Morgan fingerprint density at radius 2 is 1.86 bits per heavy atom. The van der Waals surface area contributed by atoms with Crippen molar-refractivity contribution in [3.8, 4) is 0 Å². The molecule has 2 nitrogen and oxygen atoms in total. The molecule has 2 N–H and O–H groups in total. The van der Waals surface area contributed by atoms with Crippen LogP contribution in [0.5, 0.6) is 0 Å². The van der Waals surface area contributed by atoms with Gasteiger partial charge < -0.3 is 5.73 Å². The highest BCUT2D eigenvalue weighted by Crippen LogP contribution is 2.33. The molecule has 2 rings (SSSR count). The van der Waals surface area contributed by atoms with E-state index >= 15 is 0 Å². The normalized spacial score (nSPS) is 19.7. The Morgan fingerprint density at radius 1 is 1.24 bits per heavy atom. The SMILES string of the molecule is CC1CCN(C(CN)c2cc(F)cc(C(F)(F)F)c2)CC1. The Labute approximate surface area is 121 Å². The van der Waals surface area contributed by atoms with Gasteiger partial charge in [-0.25, -0.2) is 4.39 Å². The van der Waals surface area contributed by atoms with Crippen molar-refractivity contribution in [2.75, 3.05) is 19.6 Å². The molecule has 0 aliphatic carbocycles. The highest BCUT2D eigenvalue weighted by molar-refractivity contribution is 5.29. The average Bonchev–Trinajstić information content (AvgIpc) is 2.40. The maximum atomic E-state index is 13.5. The van der Waals surface area contributed by atoms with Crippen LogP contribution in [0, 0.1) is 11.7 Å². The molecule has 1 aromatic rings. The third-order valence-corrected chi connectivity index (χ3v) is 4.11. The number of piperidine rings is 1. The summed E-state index contributed by atoms with van der Waals surface area (Å²) >= 11 is 0. The molecule has 1 atom stereocenters. The second kappa shape index (κ2) is 6.32. The molecule has 1 saturated heterocycles. The molecule has 0 spiro atoms. The first kappa shape index (κ1) is 16.2. The molecular weight excluding hydrogens is 284 g/mol. The van der Waals surface area contributed by atoms with E-state index in [0.717, 1.165) is 38.1 Å². The van der Waals surface area contributed by atoms with E-state index in [2.05, 4.69) is 11.8 Å². The van der Waals surface area contributed by atoms with Gasteiger partial charge in [0.25, 0.3) is 0 Å². The Hall–Kier alpha value is -1.14.